The Balaban J connectivity index is 1.98. The molecule has 0 atom stereocenters. The molecule has 1 saturated carbocycles. The first-order valence-corrected chi connectivity index (χ1v) is 6.57. The first-order valence-electron chi connectivity index (χ1n) is 6.57. The largest absolute Gasteiger partial charge is 0.444 e. The summed E-state index contributed by atoms with van der Waals surface area (Å²) in [6, 6.07) is 0. The molecular weight excluding hydrogens is 216 g/mol. The van der Waals surface area contributed by atoms with Crippen molar-refractivity contribution in [2.24, 2.45) is 5.73 Å². The number of carbonyl (C=O) groups is 1. The number of rotatable bonds is 5. The van der Waals surface area contributed by atoms with Gasteiger partial charge in [0.2, 0.25) is 0 Å². The minimum Gasteiger partial charge on any atom is -0.444 e. The molecule has 1 rings (SSSR count). The van der Waals surface area contributed by atoms with Crippen LogP contribution in [0.3, 0.4) is 0 Å². The van der Waals surface area contributed by atoms with Crippen LogP contribution in [0.4, 0.5) is 4.79 Å². The molecule has 3 N–H and O–H groups in total. The van der Waals surface area contributed by atoms with Crippen LogP contribution in [-0.2, 0) is 4.74 Å². The highest BCUT2D eigenvalue weighted by Crippen LogP contribution is 2.33. The van der Waals surface area contributed by atoms with Crippen molar-refractivity contribution in [3.8, 4) is 0 Å². The van der Waals surface area contributed by atoms with Crippen LogP contribution >= 0.6 is 0 Å². The third-order valence-corrected chi connectivity index (χ3v) is 3.12. The molecule has 0 spiro atoms. The lowest BCUT2D eigenvalue weighted by Gasteiger charge is -2.38. The topological polar surface area (TPSA) is 64.3 Å². The van der Waals surface area contributed by atoms with Crippen LogP contribution in [0, 0.1) is 0 Å². The highest BCUT2D eigenvalue weighted by atomic mass is 16.6. The van der Waals surface area contributed by atoms with Gasteiger partial charge in [-0.15, -0.1) is 0 Å². The zero-order chi connectivity index (χ0) is 12.9. The summed E-state index contributed by atoms with van der Waals surface area (Å²) < 4.78 is 5.14. The summed E-state index contributed by atoms with van der Waals surface area (Å²) in [6.07, 6.45) is 6.38. The van der Waals surface area contributed by atoms with Crippen molar-refractivity contribution in [2.45, 2.75) is 70.4 Å². The van der Waals surface area contributed by atoms with Gasteiger partial charge in [0.15, 0.2) is 0 Å². The molecule has 100 valence electrons. The lowest BCUT2D eigenvalue weighted by Crippen LogP contribution is -2.46. The number of carbonyl (C=O) groups excluding carboxylic acids is 1. The molecule has 0 aromatic carbocycles. The molecule has 1 amide bonds. The summed E-state index contributed by atoms with van der Waals surface area (Å²) in [5.41, 5.74) is 5.80. The van der Waals surface area contributed by atoms with Gasteiger partial charge < -0.3 is 15.8 Å². The smallest absolute Gasteiger partial charge is 0.407 e. The van der Waals surface area contributed by atoms with E-state index >= 15 is 0 Å². The Morgan fingerprint density at radius 1 is 1.35 bits per heavy atom. The van der Waals surface area contributed by atoms with Gasteiger partial charge in [-0.05, 0) is 59.3 Å². The van der Waals surface area contributed by atoms with Gasteiger partial charge in [-0.2, -0.15) is 0 Å². The van der Waals surface area contributed by atoms with E-state index in [1.165, 1.54) is 6.42 Å². The molecule has 4 nitrogen and oxygen atoms in total. The number of nitrogens with one attached hydrogen (secondary N) is 1. The van der Waals surface area contributed by atoms with Gasteiger partial charge in [-0.25, -0.2) is 4.79 Å². The molecule has 0 saturated heterocycles. The zero-order valence-corrected chi connectivity index (χ0v) is 11.3. The van der Waals surface area contributed by atoms with Gasteiger partial charge in [0.05, 0.1) is 0 Å². The summed E-state index contributed by atoms with van der Waals surface area (Å²) in [5.74, 6) is 0. The second-order valence-electron chi connectivity index (χ2n) is 6.10. The maximum atomic E-state index is 11.3. The van der Waals surface area contributed by atoms with E-state index in [-0.39, 0.29) is 11.6 Å². The summed E-state index contributed by atoms with van der Waals surface area (Å²) in [5, 5.41) is 2.76. The monoisotopic (exact) mass is 242 g/mol. The number of ether oxygens (including phenoxy) is 1. The molecule has 0 radical (unpaired) electrons. The first kappa shape index (κ1) is 14.3. The number of unbranched alkanes of at least 4 members (excludes halogenated alkanes) is 1. The number of hydrogen-bond acceptors (Lipinski definition) is 3. The molecule has 1 aliphatic rings. The van der Waals surface area contributed by atoms with E-state index in [9.17, 15) is 4.79 Å². The van der Waals surface area contributed by atoms with Gasteiger partial charge in [-0.1, -0.05) is 0 Å². The molecule has 0 aromatic rings. The Morgan fingerprint density at radius 3 is 2.47 bits per heavy atom. The van der Waals surface area contributed by atoms with Crippen LogP contribution in [0.5, 0.6) is 0 Å². The van der Waals surface area contributed by atoms with E-state index in [0.717, 1.165) is 32.1 Å². The predicted octanol–water partition coefficient (Wildman–Crippen LogP) is 2.56. The van der Waals surface area contributed by atoms with Crippen LogP contribution in [0.25, 0.3) is 0 Å². The molecule has 4 heteroatoms. The van der Waals surface area contributed by atoms with Gasteiger partial charge >= 0.3 is 6.09 Å². The average molecular weight is 242 g/mol. The third-order valence-electron chi connectivity index (χ3n) is 3.12. The summed E-state index contributed by atoms with van der Waals surface area (Å²) in [4.78, 5) is 11.3. The fraction of sp³-hybridized carbons (Fsp3) is 0.923. The fourth-order valence-corrected chi connectivity index (χ4v) is 1.99. The number of alkyl carbamates (subject to hydrolysis) is 1. The zero-order valence-electron chi connectivity index (χ0n) is 11.3. The Kier molecular flexibility index (Phi) is 4.80. The molecule has 0 aromatic heterocycles. The predicted molar refractivity (Wildman–Crippen MR) is 68.9 cm³/mol. The van der Waals surface area contributed by atoms with E-state index in [4.69, 9.17) is 10.5 Å². The SMILES string of the molecule is CC(C)(C)OC(=O)NCCCCC1(N)CCC1. The molecule has 1 fully saturated rings. The van der Waals surface area contributed by atoms with Gasteiger partial charge in [-0.3, -0.25) is 0 Å². The fourth-order valence-electron chi connectivity index (χ4n) is 1.99. The Labute approximate surface area is 104 Å². The molecule has 0 unspecified atom stereocenters. The van der Waals surface area contributed by atoms with E-state index in [1.54, 1.807) is 0 Å². The maximum absolute atomic E-state index is 11.3. The van der Waals surface area contributed by atoms with Crippen LogP contribution in [0.15, 0.2) is 0 Å². The molecule has 17 heavy (non-hydrogen) atoms. The molecule has 0 aliphatic heterocycles. The Hall–Kier alpha value is -0.770. The van der Waals surface area contributed by atoms with Gasteiger partial charge in [0.25, 0.3) is 0 Å². The average Bonchev–Trinajstić information content (AvgIpc) is 2.11. The Bertz CT molecular complexity index is 255. The number of amides is 1. The van der Waals surface area contributed by atoms with Crippen LogP contribution < -0.4 is 11.1 Å². The quantitative estimate of drug-likeness (QED) is 0.728. The van der Waals surface area contributed by atoms with E-state index < -0.39 is 5.60 Å². The summed E-state index contributed by atoms with van der Waals surface area (Å²) in [6.45, 7) is 6.26. The van der Waals surface area contributed by atoms with Crippen molar-refractivity contribution in [1.82, 2.24) is 5.32 Å². The van der Waals surface area contributed by atoms with E-state index in [1.807, 2.05) is 20.8 Å². The lowest BCUT2D eigenvalue weighted by molar-refractivity contribution is 0.0526. The van der Waals surface area contributed by atoms with Crippen molar-refractivity contribution in [3.63, 3.8) is 0 Å². The second kappa shape index (κ2) is 5.71. The summed E-state index contributed by atoms with van der Waals surface area (Å²) in [7, 11) is 0. The minimum atomic E-state index is -0.419. The van der Waals surface area contributed by atoms with Gasteiger partial charge in [0, 0.05) is 12.1 Å². The van der Waals surface area contributed by atoms with Crippen molar-refractivity contribution >= 4 is 6.09 Å². The van der Waals surface area contributed by atoms with Crippen molar-refractivity contribution in [2.75, 3.05) is 6.54 Å². The summed E-state index contributed by atoms with van der Waals surface area (Å²) >= 11 is 0. The molecule has 1 aliphatic carbocycles. The highest BCUT2D eigenvalue weighted by molar-refractivity contribution is 5.67. The van der Waals surface area contributed by atoms with E-state index in [2.05, 4.69) is 5.32 Å². The minimum absolute atomic E-state index is 0.103. The van der Waals surface area contributed by atoms with Crippen molar-refractivity contribution in [3.05, 3.63) is 0 Å². The molecule has 0 heterocycles. The van der Waals surface area contributed by atoms with Gasteiger partial charge in [0.1, 0.15) is 5.60 Å². The number of hydrogen-bond donors (Lipinski definition) is 2. The lowest BCUT2D eigenvalue weighted by atomic mass is 9.74. The maximum Gasteiger partial charge on any atom is 0.407 e. The Morgan fingerprint density at radius 2 is 2.00 bits per heavy atom. The highest BCUT2D eigenvalue weighted by Gasteiger charge is 2.31. The normalized spacial score (nSPS) is 18.4. The molecule has 0 bridgehead atoms. The van der Waals surface area contributed by atoms with Crippen LogP contribution in [0.2, 0.25) is 0 Å². The van der Waals surface area contributed by atoms with Crippen LogP contribution in [0.1, 0.15) is 59.3 Å². The second-order valence-corrected chi connectivity index (χ2v) is 6.10. The molecular formula is C13H26N2O2. The third kappa shape index (κ3) is 5.91. The first-order chi connectivity index (χ1) is 7.81. The van der Waals surface area contributed by atoms with E-state index in [0.29, 0.717) is 6.54 Å². The van der Waals surface area contributed by atoms with Crippen molar-refractivity contribution < 1.29 is 9.53 Å². The van der Waals surface area contributed by atoms with Crippen LogP contribution in [-0.4, -0.2) is 23.8 Å². The number of nitrogens with two attached hydrogens (primary N) is 1. The van der Waals surface area contributed by atoms with Crippen molar-refractivity contribution in [1.29, 1.82) is 0 Å². The standard InChI is InChI=1S/C13H26N2O2/c1-12(2,3)17-11(16)15-10-5-4-7-13(14)8-6-9-13/h4-10,14H2,1-3H3,(H,15,16).